The van der Waals surface area contributed by atoms with E-state index >= 15 is 0 Å². The first-order valence-electron chi connectivity index (χ1n) is 12.1. The lowest BCUT2D eigenvalue weighted by Crippen LogP contribution is -2.57. The van der Waals surface area contributed by atoms with Gasteiger partial charge in [0.1, 0.15) is 17.2 Å². The van der Waals surface area contributed by atoms with E-state index in [0.29, 0.717) is 37.4 Å². The van der Waals surface area contributed by atoms with E-state index in [4.69, 9.17) is 0 Å². The van der Waals surface area contributed by atoms with Gasteiger partial charge >= 0.3 is 0 Å². The molecule has 0 spiro atoms. The molecule has 0 saturated carbocycles. The molecule has 2 saturated heterocycles. The summed E-state index contributed by atoms with van der Waals surface area (Å²) in [5, 5.41) is 11.6. The van der Waals surface area contributed by atoms with E-state index in [1.807, 2.05) is 36.9 Å². The molecule has 2 aromatic rings. The van der Waals surface area contributed by atoms with Crippen LogP contribution in [0, 0.1) is 29.4 Å². The van der Waals surface area contributed by atoms with Crippen LogP contribution in [0.3, 0.4) is 0 Å². The molecule has 1 unspecified atom stereocenters. The van der Waals surface area contributed by atoms with Crippen LogP contribution in [0.5, 0.6) is 0 Å². The number of piperidine rings is 1. The first-order valence-corrected chi connectivity index (χ1v) is 12.1. The second kappa shape index (κ2) is 9.00. The lowest BCUT2D eigenvalue weighted by atomic mass is 9.72. The minimum Gasteiger partial charge on any atom is -0.383 e. The monoisotopic (exact) mass is 471 g/mol. The van der Waals surface area contributed by atoms with E-state index in [1.54, 1.807) is 6.20 Å². The molecule has 1 aromatic heterocycles. The van der Waals surface area contributed by atoms with Crippen molar-refractivity contribution in [3.05, 3.63) is 65.5 Å². The molecule has 0 aliphatic carbocycles. The van der Waals surface area contributed by atoms with Crippen LogP contribution in [0.2, 0.25) is 0 Å². The highest BCUT2D eigenvalue weighted by Crippen LogP contribution is 2.43. The van der Waals surface area contributed by atoms with Crippen LogP contribution < -0.4 is 0 Å². The fourth-order valence-electron chi connectivity index (χ4n) is 5.74. The minimum atomic E-state index is -1.13. The smallest absolute Gasteiger partial charge is 0.227 e. The van der Waals surface area contributed by atoms with Gasteiger partial charge in [-0.05, 0) is 44.5 Å². The normalized spacial score (nSPS) is 30.5. The maximum absolute atomic E-state index is 14.8. The van der Waals surface area contributed by atoms with Gasteiger partial charge in [0.2, 0.25) is 5.91 Å². The van der Waals surface area contributed by atoms with Gasteiger partial charge in [0.15, 0.2) is 0 Å². The van der Waals surface area contributed by atoms with Crippen LogP contribution in [0.15, 0.2) is 42.6 Å². The van der Waals surface area contributed by atoms with Gasteiger partial charge in [0.05, 0.1) is 11.6 Å². The standard InChI is InChI=1S/C27H35F2N3O2/c1-17-13-31(14-18(2)27(17,34)24-8-6-7-11-30-24)25(33)22-16-32(26(3,4)5)15-21(22)20-10-9-19(28)12-23(20)29/h6-12,17-18,21-22,34H,13-16H2,1-5H3/t17-,18+,21-,22+,27?/m0/s1. The Balaban J connectivity index is 1.61. The van der Waals surface area contributed by atoms with Gasteiger partial charge in [0, 0.05) is 61.7 Å². The Labute approximate surface area is 200 Å². The molecule has 0 radical (unpaired) electrons. The fraction of sp³-hybridized carbons (Fsp3) is 0.556. The molecule has 1 amide bonds. The lowest BCUT2D eigenvalue weighted by molar-refractivity contribution is -0.153. The van der Waals surface area contributed by atoms with Gasteiger partial charge in [-0.15, -0.1) is 0 Å². The summed E-state index contributed by atoms with van der Waals surface area (Å²) in [6.45, 7) is 11.9. The number of carbonyl (C=O) groups excluding carboxylic acids is 1. The Morgan fingerprint density at radius 2 is 1.74 bits per heavy atom. The molecule has 5 nitrogen and oxygen atoms in total. The van der Waals surface area contributed by atoms with Crippen molar-refractivity contribution in [3.63, 3.8) is 0 Å². The van der Waals surface area contributed by atoms with Crippen LogP contribution in [-0.4, -0.2) is 57.5 Å². The summed E-state index contributed by atoms with van der Waals surface area (Å²) in [6, 6.07) is 9.14. The predicted molar refractivity (Wildman–Crippen MR) is 127 cm³/mol. The molecule has 1 aromatic carbocycles. The molecule has 34 heavy (non-hydrogen) atoms. The van der Waals surface area contributed by atoms with Crippen molar-refractivity contribution in [2.75, 3.05) is 26.2 Å². The quantitative estimate of drug-likeness (QED) is 0.730. The molecular formula is C27H35F2N3O2. The van der Waals surface area contributed by atoms with Crippen LogP contribution in [-0.2, 0) is 10.4 Å². The van der Waals surface area contributed by atoms with Gasteiger partial charge < -0.3 is 10.0 Å². The molecule has 7 heteroatoms. The third kappa shape index (κ3) is 4.36. The number of hydrogen-bond acceptors (Lipinski definition) is 4. The van der Waals surface area contributed by atoms with Gasteiger partial charge in [0.25, 0.3) is 0 Å². The van der Waals surface area contributed by atoms with E-state index < -0.39 is 23.2 Å². The average molecular weight is 472 g/mol. The number of halogens is 2. The van der Waals surface area contributed by atoms with E-state index in [9.17, 15) is 18.7 Å². The van der Waals surface area contributed by atoms with Crippen molar-refractivity contribution in [3.8, 4) is 0 Å². The van der Waals surface area contributed by atoms with E-state index in [0.717, 1.165) is 6.07 Å². The average Bonchev–Trinajstić information content (AvgIpc) is 3.23. The highest BCUT2D eigenvalue weighted by Gasteiger charge is 2.50. The molecule has 3 heterocycles. The first-order chi connectivity index (χ1) is 15.9. The number of aromatic nitrogens is 1. The van der Waals surface area contributed by atoms with E-state index in [-0.39, 0.29) is 29.2 Å². The summed E-state index contributed by atoms with van der Waals surface area (Å²) in [5.74, 6) is -2.53. The second-order valence-electron chi connectivity index (χ2n) is 11.0. The van der Waals surface area contributed by atoms with Crippen molar-refractivity contribution < 1.29 is 18.7 Å². The largest absolute Gasteiger partial charge is 0.383 e. The number of nitrogens with zero attached hydrogens (tertiary/aromatic N) is 3. The lowest BCUT2D eigenvalue weighted by Gasteiger charge is -2.48. The van der Waals surface area contributed by atoms with Crippen LogP contribution in [0.25, 0.3) is 0 Å². The minimum absolute atomic E-state index is 0.0396. The molecule has 1 N–H and O–H groups in total. The molecule has 5 atom stereocenters. The zero-order valence-electron chi connectivity index (χ0n) is 20.6. The van der Waals surface area contributed by atoms with Crippen molar-refractivity contribution in [2.24, 2.45) is 17.8 Å². The summed E-state index contributed by atoms with van der Waals surface area (Å²) in [7, 11) is 0. The van der Waals surface area contributed by atoms with Crippen molar-refractivity contribution >= 4 is 5.91 Å². The summed E-state index contributed by atoms with van der Waals surface area (Å²) in [6.07, 6.45) is 1.67. The summed E-state index contributed by atoms with van der Waals surface area (Å²) in [5.41, 5.74) is -0.318. The number of likely N-dealkylation sites (tertiary alicyclic amines) is 2. The van der Waals surface area contributed by atoms with Gasteiger partial charge in [-0.1, -0.05) is 26.0 Å². The second-order valence-corrected chi connectivity index (χ2v) is 11.0. The summed E-state index contributed by atoms with van der Waals surface area (Å²) >= 11 is 0. The van der Waals surface area contributed by atoms with Crippen LogP contribution >= 0.6 is 0 Å². The van der Waals surface area contributed by atoms with E-state index in [1.165, 1.54) is 12.1 Å². The highest BCUT2D eigenvalue weighted by molar-refractivity contribution is 5.81. The SMILES string of the molecule is C[C@@H]1CN(C(=O)[C@@H]2CN(C(C)(C)C)C[C@H]2c2ccc(F)cc2F)C[C@H](C)C1(O)c1ccccn1. The van der Waals surface area contributed by atoms with Crippen molar-refractivity contribution in [2.45, 2.75) is 51.7 Å². The van der Waals surface area contributed by atoms with Crippen LogP contribution in [0.1, 0.15) is 51.8 Å². The molecular weight excluding hydrogens is 436 g/mol. The third-order valence-electron chi connectivity index (χ3n) is 7.83. The van der Waals surface area contributed by atoms with Gasteiger partial charge in [-0.3, -0.25) is 14.7 Å². The molecule has 2 fully saturated rings. The molecule has 184 valence electrons. The topological polar surface area (TPSA) is 56.7 Å². The maximum Gasteiger partial charge on any atom is 0.227 e. The Kier molecular flexibility index (Phi) is 6.55. The zero-order chi connectivity index (χ0) is 24.8. The van der Waals surface area contributed by atoms with Gasteiger partial charge in [-0.25, -0.2) is 8.78 Å². The fourth-order valence-corrected chi connectivity index (χ4v) is 5.74. The van der Waals surface area contributed by atoms with Crippen molar-refractivity contribution in [1.29, 1.82) is 0 Å². The Morgan fingerprint density at radius 3 is 2.29 bits per heavy atom. The maximum atomic E-state index is 14.8. The molecule has 0 bridgehead atoms. The molecule has 2 aliphatic heterocycles. The molecule has 4 rings (SSSR count). The van der Waals surface area contributed by atoms with Gasteiger partial charge in [-0.2, -0.15) is 0 Å². The summed E-state index contributed by atoms with van der Waals surface area (Å²) in [4.78, 5) is 22.3. The number of amides is 1. The van der Waals surface area contributed by atoms with Crippen LogP contribution in [0.4, 0.5) is 8.78 Å². The number of pyridine rings is 1. The Bertz CT molecular complexity index is 1030. The number of carbonyl (C=O) groups is 1. The Hall–Kier alpha value is -2.38. The number of hydrogen-bond donors (Lipinski definition) is 1. The first kappa shape index (κ1) is 24.7. The third-order valence-corrected chi connectivity index (χ3v) is 7.83. The van der Waals surface area contributed by atoms with Crippen molar-refractivity contribution in [1.82, 2.24) is 14.8 Å². The molecule has 2 aliphatic rings. The number of rotatable bonds is 3. The number of aliphatic hydroxyl groups is 1. The predicted octanol–water partition coefficient (Wildman–Crippen LogP) is 4.18. The van der Waals surface area contributed by atoms with E-state index in [2.05, 4.69) is 30.7 Å². The Morgan fingerprint density at radius 1 is 1.06 bits per heavy atom. The summed E-state index contributed by atoms with van der Waals surface area (Å²) < 4.78 is 28.4. The zero-order valence-corrected chi connectivity index (χ0v) is 20.6. The highest BCUT2D eigenvalue weighted by atomic mass is 19.1. The number of benzene rings is 1.